The van der Waals surface area contributed by atoms with Crippen molar-refractivity contribution in [1.29, 1.82) is 0 Å². The predicted octanol–water partition coefficient (Wildman–Crippen LogP) is 1.75. The molecule has 0 spiro atoms. The second-order valence-electron chi connectivity index (χ2n) is 6.50. The van der Waals surface area contributed by atoms with Gasteiger partial charge in [0.1, 0.15) is 0 Å². The highest BCUT2D eigenvalue weighted by Gasteiger charge is 2.26. The summed E-state index contributed by atoms with van der Waals surface area (Å²) in [7, 11) is 3.93. The van der Waals surface area contributed by atoms with Crippen molar-refractivity contribution in [1.82, 2.24) is 20.3 Å². The molecule has 0 saturated carbocycles. The van der Waals surface area contributed by atoms with Gasteiger partial charge in [-0.25, -0.2) is 0 Å². The molecule has 1 amide bonds. The van der Waals surface area contributed by atoms with E-state index in [1.165, 1.54) is 0 Å². The van der Waals surface area contributed by atoms with Gasteiger partial charge in [-0.05, 0) is 12.1 Å². The third kappa shape index (κ3) is 3.48. The first kappa shape index (κ1) is 17.1. The summed E-state index contributed by atoms with van der Waals surface area (Å²) in [6, 6.07) is 7.13. The van der Waals surface area contributed by atoms with E-state index in [0.29, 0.717) is 37.7 Å². The monoisotopic (exact) mass is 368 g/mol. The van der Waals surface area contributed by atoms with Gasteiger partial charge in [0.05, 0.1) is 18.1 Å². The van der Waals surface area contributed by atoms with Gasteiger partial charge in [0.15, 0.2) is 17.3 Å². The van der Waals surface area contributed by atoms with Crippen LogP contribution in [0, 0.1) is 0 Å². The van der Waals surface area contributed by atoms with Crippen molar-refractivity contribution in [3.8, 4) is 11.5 Å². The van der Waals surface area contributed by atoms with Crippen LogP contribution in [0.25, 0.3) is 11.5 Å². The van der Waals surface area contributed by atoms with Gasteiger partial charge in [0.2, 0.25) is 5.76 Å². The number of amides is 1. The Hall–Kier alpha value is -3.36. The number of piperazine rings is 1. The smallest absolute Gasteiger partial charge is 0.276 e. The second-order valence-corrected chi connectivity index (χ2v) is 6.50. The van der Waals surface area contributed by atoms with E-state index in [-0.39, 0.29) is 11.6 Å². The van der Waals surface area contributed by atoms with Gasteiger partial charge >= 0.3 is 0 Å². The van der Waals surface area contributed by atoms with E-state index in [1.807, 2.05) is 25.1 Å². The molecule has 1 fully saturated rings. The van der Waals surface area contributed by atoms with Crippen molar-refractivity contribution in [2.24, 2.45) is 0 Å². The van der Waals surface area contributed by atoms with Crippen molar-refractivity contribution in [2.75, 3.05) is 50.1 Å². The largest absolute Gasteiger partial charge is 0.461 e. The fourth-order valence-electron chi connectivity index (χ4n) is 2.96. The molecule has 9 heteroatoms. The first-order valence-corrected chi connectivity index (χ1v) is 8.66. The summed E-state index contributed by atoms with van der Waals surface area (Å²) in [5.41, 5.74) is 1.27. The highest BCUT2D eigenvalue weighted by atomic mass is 16.5. The number of nitrogens with zero attached hydrogens (tertiary/aromatic N) is 6. The lowest BCUT2D eigenvalue weighted by Crippen LogP contribution is -2.49. The van der Waals surface area contributed by atoms with E-state index < -0.39 is 0 Å². The molecule has 140 valence electrons. The SMILES string of the molecule is CN(C)c1cnnc(N2CCN(C(=O)c3cc(-c4ccco4)on3)CC2)c1. The number of rotatable bonds is 4. The molecule has 4 rings (SSSR count). The van der Waals surface area contributed by atoms with Crippen LogP contribution in [0.2, 0.25) is 0 Å². The summed E-state index contributed by atoms with van der Waals surface area (Å²) in [4.78, 5) is 18.6. The van der Waals surface area contributed by atoms with Crippen molar-refractivity contribution in [3.63, 3.8) is 0 Å². The molecule has 0 bridgehead atoms. The molecule has 0 unspecified atom stereocenters. The topological polar surface area (TPSA) is 91.7 Å². The normalized spacial score (nSPS) is 14.4. The van der Waals surface area contributed by atoms with E-state index in [4.69, 9.17) is 8.94 Å². The predicted molar refractivity (Wildman–Crippen MR) is 98.7 cm³/mol. The molecule has 0 aromatic carbocycles. The molecule has 0 aliphatic carbocycles. The van der Waals surface area contributed by atoms with E-state index in [2.05, 4.69) is 20.3 Å². The number of carbonyl (C=O) groups is 1. The summed E-state index contributed by atoms with van der Waals surface area (Å²) in [5.74, 6) is 1.66. The van der Waals surface area contributed by atoms with Gasteiger partial charge in [-0.1, -0.05) is 5.16 Å². The van der Waals surface area contributed by atoms with E-state index >= 15 is 0 Å². The van der Waals surface area contributed by atoms with Crippen molar-refractivity contribution < 1.29 is 13.7 Å². The average molecular weight is 368 g/mol. The number of hydrogen-bond acceptors (Lipinski definition) is 8. The average Bonchev–Trinajstić information content (AvgIpc) is 3.39. The lowest BCUT2D eigenvalue weighted by molar-refractivity contribution is 0.0736. The molecule has 0 radical (unpaired) electrons. The van der Waals surface area contributed by atoms with E-state index in [0.717, 1.165) is 11.5 Å². The molecular weight excluding hydrogens is 348 g/mol. The van der Waals surface area contributed by atoms with Crippen LogP contribution in [-0.4, -0.2) is 66.4 Å². The van der Waals surface area contributed by atoms with Crippen LogP contribution in [0.1, 0.15) is 10.5 Å². The van der Waals surface area contributed by atoms with Crippen LogP contribution in [0.3, 0.4) is 0 Å². The summed E-state index contributed by atoms with van der Waals surface area (Å²) in [5, 5.41) is 12.2. The van der Waals surface area contributed by atoms with Gasteiger partial charge in [-0.15, -0.1) is 5.10 Å². The number of aromatic nitrogens is 3. The Kier molecular flexibility index (Phi) is 4.49. The third-order valence-corrected chi connectivity index (χ3v) is 4.53. The zero-order chi connectivity index (χ0) is 18.8. The zero-order valence-corrected chi connectivity index (χ0v) is 15.2. The summed E-state index contributed by atoms with van der Waals surface area (Å²) in [6.07, 6.45) is 3.28. The number of carbonyl (C=O) groups excluding carboxylic acids is 1. The molecule has 1 aliphatic rings. The Labute approximate surface area is 156 Å². The first-order chi connectivity index (χ1) is 13.1. The molecule has 1 aliphatic heterocycles. The molecule has 0 atom stereocenters. The molecule has 3 aromatic heterocycles. The molecule has 9 nitrogen and oxygen atoms in total. The van der Waals surface area contributed by atoms with Gasteiger partial charge in [0.25, 0.3) is 5.91 Å². The van der Waals surface area contributed by atoms with Crippen LogP contribution >= 0.6 is 0 Å². The van der Waals surface area contributed by atoms with Crippen LogP contribution in [0.4, 0.5) is 11.5 Å². The maximum Gasteiger partial charge on any atom is 0.276 e. The van der Waals surface area contributed by atoms with Crippen LogP contribution in [0.15, 0.2) is 45.7 Å². The van der Waals surface area contributed by atoms with Gasteiger partial charge in [-0.2, -0.15) is 5.10 Å². The second kappa shape index (κ2) is 7.10. The van der Waals surface area contributed by atoms with E-state index in [9.17, 15) is 4.79 Å². The Balaban J connectivity index is 1.40. The lowest BCUT2D eigenvalue weighted by atomic mass is 10.2. The Morgan fingerprint density at radius 1 is 1.15 bits per heavy atom. The number of furan rings is 1. The summed E-state index contributed by atoms with van der Waals surface area (Å²) < 4.78 is 10.5. The Morgan fingerprint density at radius 2 is 1.96 bits per heavy atom. The quantitative estimate of drug-likeness (QED) is 0.688. The van der Waals surface area contributed by atoms with Crippen molar-refractivity contribution in [2.45, 2.75) is 0 Å². The summed E-state index contributed by atoms with van der Waals surface area (Å²) >= 11 is 0. The molecule has 27 heavy (non-hydrogen) atoms. The molecule has 3 aromatic rings. The first-order valence-electron chi connectivity index (χ1n) is 8.66. The van der Waals surface area contributed by atoms with Crippen LogP contribution < -0.4 is 9.80 Å². The van der Waals surface area contributed by atoms with Crippen LogP contribution in [0.5, 0.6) is 0 Å². The minimum atomic E-state index is -0.149. The van der Waals surface area contributed by atoms with Gasteiger partial charge in [-0.3, -0.25) is 4.79 Å². The van der Waals surface area contributed by atoms with Gasteiger partial charge in [0, 0.05) is 52.4 Å². The Bertz CT molecular complexity index is 913. The standard InChI is InChI=1S/C18H20N6O3/c1-22(2)13-10-17(20-19-12-13)23-5-7-24(8-6-23)18(25)14-11-16(27-21-14)15-4-3-9-26-15/h3-4,9-12H,5-8H2,1-2H3. The molecule has 0 N–H and O–H groups in total. The fourth-order valence-corrected chi connectivity index (χ4v) is 2.96. The highest BCUT2D eigenvalue weighted by molar-refractivity contribution is 5.93. The van der Waals surface area contributed by atoms with Crippen molar-refractivity contribution in [3.05, 3.63) is 42.4 Å². The lowest BCUT2D eigenvalue weighted by Gasteiger charge is -2.35. The Morgan fingerprint density at radius 3 is 2.67 bits per heavy atom. The maximum atomic E-state index is 12.7. The highest BCUT2D eigenvalue weighted by Crippen LogP contribution is 2.22. The molecule has 1 saturated heterocycles. The fraction of sp³-hybridized carbons (Fsp3) is 0.333. The third-order valence-electron chi connectivity index (χ3n) is 4.53. The summed E-state index contributed by atoms with van der Waals surface area (Å²) in [6.45, 7) is 2.52. The van der Waals surface area contributed by atoms with Crippen LogP contribution in [-0.2, 0) is 0 Å². The maximum absolute atomic E-state index is 12.7. The molecular formula is C18H20N6O3. The molecule has 4 heterocycles. The minimum absolute atomic E-state index is 0.149. The minimum Gasteiger partial charge on any atom is -0.461 e. The number of anilines is 2. The van der Waals surface area contributed by atoms with Crippen molar-refractivity contribution >= 4 is 17.4 Å². The van der Waals surface area contributed by atoms with E-state index in [1.54, 1.807) is 35.6 Å². The van der Waals surface area contributed by atoms with Gasteiger partial charge < -0.3 is 23.6 Å². The zero-order valence-electron chi connectivity index (χ0n) is 15.2. The number of hydrogen-bond donors (Lipinski definition) is 0.